The second-order valence-corrected chi connectivity index (χ2v) is 7.17. The van der Waals surface area contributed by atoms with E-state index >= 15 is 0 Å². The zero-order valence-electron chi connectivity index (χ0n) is 14.3. The molecule has 3 aromatic rings. The van der Waals surface area contributed by atoms with Crippen LogP contribution in [-0.4, -0.2) is 17.9 Å². The number of carbonyl (C=O) groups is 3. The first-order valence-corrected chi connectivity index (χ1v) is 9.31. The average molecular weight is 433 g/mol. The zero-order valence-corrected chi connectivity index (χ0v) is 15.9. The van der Waals surface area contributed by atoms with Crippen LogP contribution in [0.5, 0.6) is 0 Å². The fourth-order valence-electron chi connectivity index (χ4n) is 2.87. The number of esters is 1. The molecule has 0 fully saturated rings. The van der Waals surface area contributed by atoms with E-state index in [0.717, 1.165) is 12.1 Å². The van der Waals surface area contributed by atoms with Crippen molar-refractivity contribution in [3.63, 3.8) is 0 Å². The summed E-state index contributed by atoms with van der Waals surface area (Å²) in [5.41, 5.74) is 5.15. The van der Waals surface area contributed by atoms with Crippen molar-refractivity contribution in [2.45, 2.75) is 0 Å². The number of nitrogens with two attached hydrogens (primary N) is 1. The number of benzene rings is 1. The molecule has 0 unspecified atom stereocenters. The highest BCUT2D eigenvalue weighted by Crippen LogP contribution is 2.44. The number of furan rings is 1. The number of hydrogen-bond donors (Lipinski definition) is 1. The summed E-state index contributed by atoms with van der Waals surface area (Å²) in [7, 11) is 0. The molecule has 3 heterocycles. The van der Waals surface area contributed by atoms with Gasteiger partial charge in [0.15, 0.2) is 5.76 Å². The van der Waals surface area contributed by atoms with E-state index in [-0.39, 0.29) is 33.4 Å². The average Bonchev–Trinajstić information content (AvgIpc) is 3.41. The van der Waals surface area contributed by atoms with Gasteiger partial charge in [-0.3, -0.25) is 4.79 Å². The summed E-state index contributed by atoms with van der Waals surface area (Å²) in [4.78, 5) is 38.4. The molecule has 2 N–H and O–H groups in total. The number of hydrogen-bond acceptors (Lipinski definition) is 6. The molecule has 1 aliphatic heterocycles. The highest BCUT2D eigenvalue weighted by atomic mass is 35.5. The third-order valence-electron chi connectivity index (χ3n) is 4.08. The summed E-state index contributed by atoms with van der Waals surface area (Å²) in [6, 6.07) is 7.18. The van der Waals surface area contributed by atoms with Crippen LogP contribution in [0.4, 0.5) is 14.9 Å². The van der Waals surface area contributed by atoms with E-state index < -0.39 is 23.7 Å². The summed E-state index contributed by atoms with van der Waals surface area (Å²) in [5, 5.41) is 1.40. The summed E-state index contributed by atoms with van der Waals surface area (Å²) in [6.45, 7) is 0. The molecule has 4 rings (SSSR count). The van der Waals surface area contributed by atoms with Crippen molar-refractivity contribution in [3.8, 4) is 0 Å². The van der Waals surface area contributed by atoms with E-state index in [4.69, 9.17) is 26.5 Å². The predicted octanol–water partition coefficient (Wildman–Crippen LogP) is 4.28. The lowest BCUT2D eigenvalue weighted by Crippen LogP contribution is -2.38. The molecule has 0 spiro atoms. The first-order valence-electron chi connectivity index (χ1n) is 8.05. The van der Waals surface area contributed by atoms with Gasteiger partial charge >= 0.3 is 12.0 Å². The van der Waals surface area contributed by atoms with Crippen LogP contribution in [0.15, 0.2) is 52.5 Å². The normalized spacial score (nSPS) is 14.7. The van der Waals surface area contributed by atoms with Gasteiger partial charge in [0, 0.05) is 5.56 Å². The number of primary amides is 1. The van der Waals surface area contributed by atoms with Crippen molar-refractivity contribution in [3.05, 3.63) is 75.1 Å². The maximum absolute atomic E-state index is 14.2. The molecule has 0 aliphatic carbocycles. The first-order chi connectivity index (χ1) is 13.9. The van der Waals surface area contributed by atoms with E-state index in [1.165, 1.54) is 29.7 Å². The molecule has 10 heteroatoms. The highest BCUT2D eigenvalue weighted by Gasteiger charge is 2.40. The molecule has 1 aliphatic rings. The van der Waals surface area contributed by atoms with Crippen LogP contribution in [0.25, 0.3) is 11.3 Å². The summed E-state index contributed by atoms with van der Waals surface area (Å²) >= 11 is 6.99. The van der Waals surface area contributed by atoms with Crippen molar-refractivity contribution < 1.29 is 27.9 Å². The quantitative estimate of drug-likeness (QED) is 0.378. The Morgan fingerprint density at radius 3 is 2.66 bits per heavy atom. The molecule has 29 heavy (non-hydrogen) atoms. The van der Waals surface area contributed by atoms with Crippen molar-refractivity contribution >= 4 is 57.9 Å². The second kappa shape index (κ2) is 7.19. The van der Waals surface area contributed by atoms with Gasteiger partial charge < -0.3 is 14.9 Å². The van der Waals surface area contributed by atoms with Crippen molar-refractivity contribution in [2.24, 2.45) is 5.73 Å². The van der Waals surface area contributed by atoms with E-state index in [9.17, 15) is 18.8 Å². The topological polar surface area (TPSA) is 103 Å². The number of nitrogens with zero attached hydrogens (tertiary/aromatic N) is 1. The van der Waals surface area contributed by atoms with Crippen molar-refractivity contribution in [1.82, 2.24) is 0 Å². The SMILES string of the molecule is NC(=O)N1C(=O)/C(=C(/OC(=O)c2ccco2)c2cccs2)c2cc(F)c(Cl)cc21. The molecule has 2 aromatic heterocycles. The number of rotatable bonds is 3. The fraction of sp³-hybridized carbons (Fsp3) is 0. The van der Waals surface area contributed by atoms with Crippen LogP contribution in [0.1, 0.15) is 21.0 Å². The molecular weight excluding hydrogens is 423 g/mol. The second-order valence-electron chi connectivity index (χ2n) is 5.81. The molecular formula is C19H10ClFN2O5S. The van der Waals surface area contributed by atoms with Gasteiger partial charge in [0.2, 0.25) is 5.76 Å². The predicted molar refractivity (Wildman–Crippen MR) is 104 cm³/mol. The van der Waals surface area contributed by atoms with Crippen molar-refractivity contribution in [1.29, 1.82) is 0 Å². The number of anilines is 1. The Labute approximate surface area is 171 Å². The minimum Gasteiger partial charge on any atom is -0.457 e. The maximum Gasteiger partial charge on any atom is 0.379 e. The molecule has 7 nitrogen and oxygen atoms in total. The molecule has 0 saturated carbocycles. The Balaban J connectivity index is 1.95. The lowest BCUT2D eigenvalue weighted by atomic mass is 10.0. The number of fused-ring (bicyclic) bond motifs is 1. The smallest absolute Gasteiger partial charge is 0.379 e. The zero-order chi connectivity index (χ0) is 20.7. The van der Waals surface area contributed by atoms with Gasteiger partial charge in [-0.05, 0) is 35.7 Å². The van der Waals surface area contributed by atoms with Crippen LogP contribution in [0, 0.1) is 5.82 Å². The van der Waals surface area contributed by atoms with Crippen LogP contribution in [0.2, 0.25) is 5.02 Å². The Morgan fingerprint density at radius 1 is 1.24 bits per heavy atom. The maximum atomic E-state index is 14.2. The highest BCUT2D eigenvalue weighted by molar-refractivity contribution is 7.11. The molecule has 146 valence electrons. The summed E-state index contributed by atoms with van der Waals surface area (Å²) < 4.78 is 24.7. The van der Waals surface area contributed by atoms with E-state index in [0.29, 0.717) is 9.78 Å². The minimum atomic E-state index is -1.09. The van der Waals surface area contributed by atoms with Gasteiger partial charge in [0.25, 0.3) is 5.91 Å². The summed E-state index contributed by atoms with van der Waals surface area (Å²) in [5.74, 6) is -2.81. The Hall–Kier alpha value is -3.43. The molecule has 0 bridgehead atoms. The van der Waals surface area contributed by atoms with E-state index in [1.54, 1.807) is 17.5 Å². The number of carbonyl (C=O) groups excluding carboxylic acids is 3. The first kappa shape index (κ1) is 18.9. The third kappa shape index (κ3) is 3.20. The largest absolute Gasteiger partial charge is 0.457 e. The standard InChI is InChI=1S/C19H10ClFN2O5S/c20-10-8-12-9(7-11(10)21)15(17(24)23(12)19(22)26)16(14-4-2-6-29-14)28-18(25)13-3-1-5-27-13/h1-8H,(H2,22,26)/b16-15+. The lowest BCUT2D eigenvalue weighted by Gasteiger charge is -2.12. The molecule has 0 saturated heterocycles. The Kier molecular flexibility index (Phi) is 4.69. The van der Waals surface area contributed by atoms with Gasteiger partial charge in [-0.15, -0.1) is 11.3 Å². The van der Waals surface area contributed by atoms with Crippen LogP contribution < -0.4 is 10.6 Å². The van der Waals surface area contributed by atoms with Crippen molar-refractivity contribution in [2.75, 3.05) is 4.90 Å². The van der Waals surface area contributed by atoms with Gasteiger partial charge in [-0.25, -0.2) is 18.9 Å². The fourth-order valence-corrected chi connectivity index (χ4v) is 3.74. The third-order valence-corrected chi connectivity index (χ3v) is 5.23. The number of halogens is 2. The van der Waals surface area contributed by atoms with Gasteiger partial charge in [0.05, 0.1) is 27.4 Å². The molecule has 3 amide bonds. The molecule has 0 atom stereocenters. The molecule has 0 radical (unpaired) electrons. The monoisotopic (exact) mass is 432 g/mol. The van der Waals surface area contributed by atoms with Crippen LogP contribution in [0.3, 0.4) is 0 Å². The number of thiophene rings is 1. The van der Waals surface area contributed by atoms with Gasteiger partial charge in [0.1, 0.15) is 5.82 Å². The summed E-state index contributed by atoms with van der Waals surface area (Å²) in [6.07, 6.45) is 1.29. The molecule has 1 aromatic carbocycles. The van der Waals surface area contributed by atoms with Gasteiger partial charge in [-0.1, -0.05) is 17.7 Å². The van der Waals surface area contributed by atoms with E-state index in [1.807, 2.05) is 0 Å². The minimum absolute atomic E-state index is 0.00740. The Bertz CT molecular complexity index is 1170. The van der Waals surface area contributed by atoms with E-state index in [2.05, 4.69) is 0 Å². The van der Waals surface area contributed by atoms with Crippen LogP contribution in [-0.2, 0) is 9.53 Å². The lowest BCUT2D eigenvalue weighted by molar-refractivity contribution is -0.112. The number of urea groups is 1. The van der Waals surface area contributed by atoms with Crippen LogP contribution >= 0.6 is 22.9 Å². The number of ether oxygens (including phenoxy) is 1. The van der Waals surface area contributed by atoms with Gasteiger partial charge in [-0.2, -0.15) is 0 Å². The Morgan fingerprint density at radius 2 is 2.03 bits per heavy atom. The number of imide groups is 1. The number of amides is 3.